The zero-order valence-corrected chi connectivity index (χ0v) is 12.7. The van der Waals surface area contributed by atoms with Crippen molar-refractivity contribution >= 4 is 0 Å². The molecule has 0 spiro atoms. The molecule has 2 aliphatic carbocycles. The van der Waals surface area contributed by atoms with Crippen LogP contribution >= 0.6 is 0 Å². The van der Waals surface area contributed by atoms with Crippen molar-refractivity contribution in [1.82, 2.24) is 0 Å². The lowest BCUT2D eigenvalue weighted by atomic mass is 9.58. The molecule has 2 rings (SSSR count). The highest BCUT2D eigenvalue weighted by atomic mass is 14.7. The molecule has 2 aliphatic rings. The summed E-state index contributed by atoms with van der Waals surface area (Å²) in [5.41, 5.74) is 9.03. The fraction of sp³-hybridized carbons (Fsp3) is 0.556. The summed E-state index contributed by atoms with van der Waals surface area (Å²) in [6.07, 6.45) is 16.8. The molecular formula is C18H27N. The number of rotatable bonds is 3. The number of hydrogen-bond acceptors (Lipinski definition) is 1. The molecule has 2 atom stereocenters. The second-order valence-electron chi connectivity index (χ2n) is 6.96. The molecule has 0 aromatic rings. The third kappa shape index (κ3) is 3.02. The maximum Gasteiger partial charge on any atom is 0.0301 e. The van der Waals surface area contributed by atoms with Crippen molar-refractivity contribution in [2.45, 2.75) is 47.0 Å². The Morgan fingerprint density at radius 2 is 1.95 bits per heavy atom. The first-order valence-electron chi connectivity index (χ1n) is 7.37. The molecule has 2 N–H and O–H groups in total. The maximum atomic E-state index is 6.37. The van der Waals surface area contributed by atoms with E-state index < -0.39 is 0 Å². The lowest BCUT2D eigenvalue weighted by Crippen LogP contribution is -2.41. The van der Waals surface area contributed by atoms with Gasteiger partial charge in [-0.05, 0) is 36.7 Å². The monoisotopic (exact) mass is 257 g/mol. The summed E-state index contributed by atoms with van der Waals surface area (Å²) in [4.78, 5) is 0. The molecule has 1 fully saturated rings. The lowest BCUT2D eigenvalue weighted by Gasteiger charge is -2.47. The van der Waals surface area contributed by atoms with Crippen LogP contribution in [0.15, 0.2) is 47.7 Å². The largest absolute Gasteiger partial charge is 0.401 e. The first kappa shape index (κ1) is 14.2. The van der Waals surface area contributed by atoms with Crippen LogP contribution in [0, 0.1) is 16.7 Å². The molecule has 0 amide bonds. The van der Waals surface area contributed by atoms with Gasteiger partial charge < -0.3 is 5.73 Å². The topological polar surface area (TPSA) is 26.0 Å². The molecule has 0 heterocycles. The van der Waals surface area contributed by atoms with Crippen LogP contribution in [0.2, 0.25) is 0 Å². The highest BCUT2D eigenvalue weighted by Crippen LogP contribution is 2.51. The van der Waals surface area contributed by atoms with Crippen LogP contribution in [-0.4, -0.2) is 0 Å². The van der Waals surface area contributed by atoms with Crippen LogP contribution in [0.4, 0.5) is 0 Å². The van der Waals surface area contributed by atoms with Gasteiger partial charge in [-0.1, -0.05) is 63.6 Å². The molecule has 1 nitrogen and oxygen atoms in total. The zero-order chi connectivity index (χ0) is 14.1. The maximum absolute atomic E-state index is 6.37. The summed E-state index contributed by atoms with van der Waals surface area (Å²) in [7, 11) is 0. The van der Waals surface area contributed by atoms with Crippen LogP contribution in [-0.2, 0) is 0 Å². The second-order valence-corrected chi connectivity index (χ2v) is 6.96. The average molecular weight is 257 g/mol. The Bertz CT molecular complexity index is 456. The van der Waals surface area contributed by atoms with Gasteiger partial charge in [-0.25, -0.2) is 0 Å². The smallest absolute Gasteiger partial charge is 0.0301 e. The van der Waals surface area contributed by atoms with Gasteiger partial charge in [0, 0.05) is 11.1 Å². The van der Waals surface area contributed by atoms with Crippen LogP contribution < -0.4 is 5.73 Å². The highest BCUT2D eigenvalue weighted by Gasteiger charge is 2.43. The van der Waals surface area contributed by atoms with E-state index >= 15 is 0 Å². The zero-order valence-electron chi connectivity index (χ0n) is 12.7. The molecule has 0 radical (unpaired) electrons. The van der Waals surface area contributed by atoms with Crippen molar-refractivity contribution < 1.29 is 0 Å². The van der Waals surface area contributed by atoms with E-state index in [0.29, 0.717) is 5.92 Å². The summed E-state index contributed by atoms with van der Waals surface area (Å²) in [6, 6.07) is 0. The van der Waals surface area contributed by atoms with Gasteiger partial charge in [0.05, 0.1) is 0 Å². The minimum atomic E-state index is -0.0451. The molecule has 1 heteroatoms. The van der Waals surface area contributed by atoms with E-state index in [-0.39, 0.29) is 10.8 Å². The summed E-state index contributed by atoms with van der Waals surface area (Å²) in [6.45, 7) is 9.18. The normalized spacial score (nSPS) is 33.8. The molecule has 0 bridgehead atoms. The minimum Gasteiger partial charge on any atom is -0.401 e. The Labute approximate surface area is 118 Å². The van der Waals surface area contributed by atoms with Gasteiger partial charge >= 0.3 is 0 Å². The Balaban J connectivity index is 2.17. The van der Waals surface area contributed by atoms with E-state index in [9.17, 15) is 0 Å². The summed E-state index contributed by atoms with van der Waals surface area (Å²) >= 11 is 0. The van der Waals surface area contributed by atoms with Crippen LogP contribution in [0.5, 0.6) is 0 Å². The van der Waals surface area contributed by atoms with Crippen molar-refractivity contribution in [3.63, 3.8) is 0 Å². The minimum absolute atomic E-state index is 0.0451. The van der Waals surface area contributed by atoms with E-state index in [1.54, 1.807) is 5.57 Å². The van der Waals surface area contributed by atoms with E-state index in [2.05, 4.69) is 64.2 Å². The fourth-order valence-electron chi connectivity index (χ4n) is 2.92. The van der Waals surface area contributed by atoms with Crippen molar-refractivity contribution in [3.05, 3.63) is 47.7 Å². The van der Waals surface area contributed by atoms with Gasteiger partial charge in [-0.2, -0.15) is 0 Å². The van der Waals surface area contributed by atoms with E-state index in [1.807, 2.05) is 0 Å². The van der Waals surface area contributed by atoms with Gasteiger partial charge in [0.25, 0.3) is 0 Å². The number of allylic oxidation sites excluding steroid dienone is 7. The van der Waals surface area contributed by atoms with Crippen LogP contribution in [0.25, 0.3) is 0 Å². The average Bonchev–Trinajstić information content (AvgIpc) is 3.13. The summed E-state index contributed by atoms with van der Waals surface area (Å²) in [5, 5.41) is 0. The molecular weight excluding hydrogens is 230 g/mol. The number of hydrogen-bond donors (Lipinski definition) is 1. The van der Waals surface area contributed by atoms with Gasteiger partial charge in [0.1, 0.15) is 0 Å². The first-order valence-corrected chi connectivity index (χ1v) is 7.37. The predicted octanol–water partition coefficient (Wildman–Crippen LogP) is 4.73. The van der Waals surface area contributed by atoms with Crippen molar-refractivity contribution in [1.29, 1.82) is 0 Å². The molecule has 0 aromatic heterocycles. The molecule has 19 heavy (non-hydrogen) atoms. The highest BCUT2D eigenvalue weighted by molar-refractivity contribution is 5.30. The lowest BCUT2D eigenvalue weighted by molar-refractivity contribution is 0.137. The fourth-order valence-corrected chi connectivity index (χ4v) is 2.92. The summed E-state index contributed by atoms with van der Waals surface area (Å²) < 4.78 is 0. The van der Waals surface area contributed by atoms with Crippen molar-refractivity contribution in [2.75, 3.05) is 0 Å². The van der Waals surface area contributed by atoms with Gasteiger partial charge in [-0.3, -0.25) is 0 Å². The molecule has 1 saturated carbocycles. The van der Waals surface area contributed by atoms with Gasteiger partial charge in [-0.15, -0.1) is 0 Å². The SMILES string of the molecule is CC1C=CC(C)(/C(N)=C/C=C\C=C2CC2)C(C)(C)C1. The predicted molar refractivity (Wildman–Crippen MR) is 83.5 cm³/mol. The van der Waals surface area contributed by atoms with Gasteiger partial charge in [0.2, 0.25) is 0 Å². The molecule has 104 valence electrons. The molecule has 0 aliphatic heterocycles. The van der Waals surface area contributed by atoms with E-state index in [4.69, 9.17) is 5.73 Å². The van der Waals surface area contributed by atoms with Crippen LogP contribution in [0.3, 0.4) is 0 Å². The Hall–Kier alpha value is -1.24. The first-order chi connectivity index (χ1) is 8.85. The number of nitrogens with two attached hydrogens (primary N) is 1. The van der Waals surface area contributed by atoms with Gasteiger partial charge in [0.15, 0.2) is 0 Å². The van der Waals surface area contributed by atoms with E-state index in [1.165, 1.54) is 19.3 Å². The standard InChI is InChI=1S/C18H27N/c1-14-11-12-18(4,17(2,3)13-14)16(19)8-6-5-7-15-9-10-15/h5-8,11-12,14H,9-10,13,19H2,1-4H3/b6-5-,16-8-. The summed E-state index contributed by atoms with van der Waals surface area (Å²) in [5.74, 6) is 0.644. The molecule has 0 aromatic carbocycles. The third-order valence-electron chi connectivity index (χ3n) is 4.85. The quantitative estimate of drug-likeness (QED) is 0.574. The van der Waals surface area contributed by atoms with Crippen molar-refractivity contribution in [3.8, 4) is 0 Å². The Morgan fingerprint density at radius 1 is 1.26 bits per heavy atom. The Kier molecular flexibility index (Phi) is 3.75. The molecule has 0 saturated heterocycles. The second kappa shape index (κ2) is 5.03. The van der Waals surface area contributed by atoms with E-state index in [0.717, 1.165) is 5.70 Å². The Morgan fingerprint density at radius 3 is 2.53 bits per heavy atom. The molecule has 2 unspecified atom stereocenters. The van der Waals surface area contributed by atoms with Crippen molar-refractivity contribution in [2.24, 2.45) is 22.5 Å². The third-order valence-corrected chi connectivity index (χ3v) is 4.85. The van der Waals surface area contributed by atoms with Crippen LogP contribution in [0.1, 0.15) is 47.0 Å².